The van der Waals surface area contributed by atoms with Crippen LogP contribution in [0.25, 0.3) is 0 Å². The molecule has 2 heterocycles. The summed E-state index contributed by atoms with van der Waals surface area (Å²) in [7, 11) is 0. The molecule has 1 aromatic heterocycles. The highest BCUT2D eigenvalue weighted by molar-refractivity contribution is 5.44. The molecule has 1 spiro atoms. The molecule has 2 fully saturated rings. The van der Waals surface area contributed by atoms with Gasteiger partial charge in [0, 0.05) is 19.6 Å². The minimum Gasteiger partial charge on any atom is -0.369 e. The van der Waals surface area contributed by atoms with Crippen LogP contribution in [-0.4, -0.2) is 29.6 Å². The van der Waals surface area contributed by atoms with Crippen LogP contribution in [0.5, 0.6) is 0 Å². The number of rotatable bonds is 4. The minimum absolute atomic E-state index is 0.653. The summed E-state index contributed by atoms with van der Waals surface area (Å²) in [6.07, 6.45) is 14.7. The zero-order valence-corrected chi connectivity index (χ0v) is 13.3. The summed E-state index contributed by atoms with van der Waals surface area (Å²) >= 11 is 0. The van der Waals surface area contributed by atoms with Crippen molar-refractivity contribution in [3.63, 3.8) is 0 Å². The van der Waals surface area contributed by atoms with Crippen LogP contribution in [-0.2, 0) is 0 Å². The Kier molecular flexibility index (Phi) is 4.61. The predicted molar refractivity (Wildman–Crippen MR) is 87.8 cm³/mol. The number of nitrogens with one attached hydrogen (secondary N) is 1. The summed E-state index contributed by atoms with van der Waals surface area (Å²) in [5, 5.41) is 3.33. The van der Waals surface area contributed by atoms with Crippen molar-refractivity contribution in [3.8, 4) is 0 Å². The lowest BCUT2D eigenvalue weighted by molar-refractivity contribution is 0.144. The molecular formula is C17H28N4. The molecule has 0 radical (unpaired) electrons. The highest BCUT2D eigenvalue weighted by Gasteiger charge is 2.35. The Labute approximate surface area is 128 Å². The van der Waals surface area contributed by atoms with Gasteiger partial charge in [-0.25, -0.2) is 4.98 Å². The zero-order valence-electron chi connectivity index (χ0n) is 13.3. The lowest BCUT2D eigenvalue weighted by Crippen LogP contribution is -2.41. The van der Waals surface area contributed by atoms with E-state index in [1.165, 1.54) is 44.9 Å². The molecule has 1 N–H and O–H groups in total. The molecule has 116 valence electrons. The fraction of sp³-hybridized carbons (Fsp3) is 0.765. The van der Waals surface area contributed by atoms with E-state index in [1.807, 2.05) is 12.4 Å². The minimum atomic E-state index is 0.653. The average Bonchev–Trinajstić information content (AvgIpc) is 2.55. The van der Waals surface area contributed by atoms with Gasteiger partial charge in [-0.1, -0.05) is 26.2 Å². The maximum absolute atomic E-state index is 4.72. The van der Waals surface area contributed by atoms with Gasteiger partial charge in [0.1, 0.15) is 11.6 Å². The van der Waals surface area contributed by atoms with E-state index in [2.05, 4.69) is 22.1 Å². The monoisotopic (exact) mass is 288 g/mol. The molecule has 4 heteroatoms. The first kappa shape index (κ1) is 14.6. The maximum atomic E-state index is 4.72. The first-order valence-electron chi connectivity index (χ1n) is 8.62. The number of hydrogen-bond donors (Lipinski definition) is 1. The summed E-state index contributed by atoms with van der Waals surface area (Å²) in [5.41, 5.74) is 0.653. The van der Waals surface area contributed by atoms with Gasteiger partial charge in [0.2, 0.25) is 0 Å². The van der Waals surface area contributed by atoms with Crippen LogP contribution in [0.1, 0.15) is 58.3 Å². The molecule has 1 aromatic rings. The fourth-order valence-corrected chi connectivity index (χ4v) is 3.86. The topological polar surface area (TPSA) is 41.1 Å². The van der Waals surface area contributed by atoms with Gasteiger partial charge in [0.05, 0.1) is 12.4 Å². The van der Waals surface area contributed by atoms with Gasteiger partial charge in [-0.05, 0) is 37.5 Å². The average molecular weight is 288 g/mol. The summed E-state index contributed by atoms with van der Waals surface area (Å²) in [6.45, 7) is 5.41. The van der Waals surface area contributed by atoms with Crippen molar-refractivity contribution in [1.82, 2.24) is 9.97 Å². The van der Waals surface area contributed by atoms with E-state index < -0.39 is 0 Å². The number of hydrogen-bond acceptors (Lipinski definition) is 4. The van der Waals surface area contributed by atoms with E-state index in [9.17, 15) is 0 Å². The SMILES string of the molecule is CCCNc1cncc(N2CCC3(CCCCC3)CC2)n1. The molecule has 0 bridgehead atoms. The Balaban J connectivity index is 1.61. The molecule has 1 saturated heterocycles. The number of piperidine rings is 1. The third-order valence-electron chi connectivity index (χ3n) is 5.24. The number of anilines is 2. The molecule has 0 atom stereocenters. The van der Waals surface area contributed by atoms with Crippen LogP contribution in [0.2, 0.25) is 0 Å². The first-order valence-corrected chi connectivity index (χ1v) is 8.62. The second-order valence-corrected chi connectivity index (χ2v) is 6.74. The van der Waals surface area contributed by atoms with Crippen LogP contribution >= 0.6 is 0 Å². The van der Waals surface area contributed by atoms with Crippen molar-refractivity contribution < 1.29 is 0 Å². The van der Waals surface area contributed by atoms with Crippen molar-refractivity contribution >= 4 is 11.6 Å². The lowest BCUT2D eigenvalue weighted by Gasteiger charge is -2.44. The Morgan fingerprint density at radius 1 is 1.10 bits per heavy atom. The fourth-order valence-electron chi connectivity index (χ4n) is 3.86. The molecule has 4 nitrogen and oxygen atoms in total. The van der Waals surface area contributed by atoms with Crippen molar-refractivity contribution in [2.24, 2.45) is 5.41 Å². The number of nitrogens with zero attached hydrogens (tertiary/aromatic N) is 3. The normalized spacial score (nSPS) is 21.5. The molecule has 3 rings (SSSR count). The molecule has 0 unspecified atom stereocenters. The predicted octanol–water partition coefficient (Wildman–Crippen LogP) is 3.85. The van der Waals surface area contributed by atoms with E-state index in [0.29, 0.717) is 5.41 Å². The summed E-state index contributed by atoms with van der Waals surface area (Å²) in [5.74, 6) is 1.95. The van der Waals surface area contributed by atoms with Crippen LogP contribution in [0.4, 0.5) is 11.6 Å². The lowest BCUT2D eigenvalue weighted by atomic mass is 9.68. The quantitative estimate of drug-likeness (QED) is 0.913. The van der Waals surface area contributed by atoms with Gasteiger partial charge in [-0.2, -0.15) is 0 Å². The van der Waals surface area contributed by atoms with Crippen LogP contribution in [0.15, 0.2) is 12.4 Å². The maximum Gasteiger partial charge on any atom is 0.149 e. The van der Waals surface area contributed by atoms with E-state index in [0.717, 1.165) is 37.7 Å². The Bertz CT molecular complexity index is 444. The zero-order chi connectivity index (χ0) is 14.5. The van der Waals surface area contributed by atoms with Gasteiger partial charge in [-0.15, -0.1) is 0 Å². The molecule has 1 saturated carbocycles. The van der Waals surface area contributed by atoms with Gasteiger partial charge in [0.25, 0.3) is 0 Å². The standard InChI is InChI=1S/C17H28N4/c1-2-10-19-15-13-18-14-16(20-15)21-11-8-17(9-12-21)6-4-3-5-7-17/h13-14H,2-12H2,1H3,(H,19,20). The highest BCUT2D eigenvalue weighted by Crippen LogP contribution is 2.44. The van der Waals surface area contributed by atoms with Crippen LogP contribution in [0.3, 0.4) is 0 Å². The second-order valence-electron chi connectivity index (χ2n) is 6.74. The Morgan fingerprint density at radius 2 is 1.86 bits per heavy atom. The highest BCUT2D eigenvalue weighted by atomic mass is 15.2. The van der Waals surface area contributed by atoms with E-state index in [4.69, 9.17) is 4.98 Å². The molecular weight excluding hydrogens is 260 g/mol. The van der Waals surface area contributed by atoms with Gasteiger partial charge >= 0.3 is 0 Å². The Morgan fingerprint density at radius 3 is 2.57 bits per heavy atom. The van der Waals surface area contributed by atoms with Gasteiger partial charge < -0.3 is 10.2 Å². The second kappa shape index (κ2) is 6.63. The molecule has 1 aliphatic heterocycles. The smallest absolute Gasteiger partial charge is 0.149 e. The van der Waals surface area contributed by atoms with Gasteiger partial charge in [0.15, 0.2) is 0 Å². The molecule has 21 heavy (non-hydrogen) atoms. The molecule has 0 aromatic carbocycles. The molecule has 1 aliphatic carbocycles. The Hall–Kier alpha value is -1.32. The van der Waals surface area contributed by atoms with E-state index >= 15 is 0 Å². The van der Waals surface area contributed by atoms with E-state index in [1.54, 1.807) is 0 Å². The van der Waals surface area contributed by atoms with Crippen LogP contribution < -0.4 is 10.2 Å². The summed E-state index contributed by atoms with van der Waals surface area (Å²) in [4.78, 5) is 11.5. The van der Waals surface area contributed by atoms with Crippen molar-refractivity contribution in [3.05, 3.63) is 12.4 Å². The van der Waals surface area contributed by atoms with Crippen molar-refractivity contribution in [2.45, 2.75) is 58.3 Å². The van der Waals surface area contributed by atoms with Gasteiger partial charge in [-0.3, -0.25) is 4.98 Å². The summed E-state index contributed by atoms with van der Waals surface area (Å²) < 4.78 is 0. The summed E-state index contributed by atoms with van der Waals surface area (Å²) in [6, 6.07) is 0. The molecule has 2 aliphatic rings. The third-order valence-corrected chi connectivity index (χ3v) is 5.24. The molecule has 0 amide bonds. The van der Waals surface area contributed by atoms with Crippen LogP contribution in [0, 0.1) is 5.41 Å². The number of aromatic nitrogens is 2. The largest absolute Gasteiger partial charge is 0.369 e. The first-order chi connectivity index (χ1) is 10.3. The van der Waals surface area contributed by atoms with Crippen molar-refractivity contribution in [1.29, 1.82) is 0 Å². The third kappa shape index (κ3) is 3.47. The van der Waals surface area contributed by atoms with E-state index in [-0.39, 0.29) is 0 Å². The van der Waals surface area contributed by atoms with Crippen molar-refractivity contribution in [2.75, 3.05) is 29.9 Å².